The van der Waals surface area contributed by atoms with Crippen molar-refractivity contribution >= 4 is 45.9 Å². The summed E-state index contributed by atoms with van der Waals surface area (Å²) in [4.78, 5) is 29.9. The molecule has 1 aliphatic carbocycles. The first kappa shape index (κ1) is 23.6. The Morgan fingerprint density at radius 1 is 1.22 bits per heavy atom. The topological polar surface area (TPSA) is 98.0 Å². The zero-order valence-corrected chi connectivity index (χ0v) is 20.9. The molecule has 0 unspecified atom stereocenters. The summed E-state index contributed by atoms with van der Waals surface area (Å²) in [5.41, 5.74) is 1.10. The molecular weight excluding hydrogens is 493 g/mol. The Hall–Kier alpha value is -3.77. The minimum absolute atomic E-state index is 0.0367. The van der Waals surface area contributed by atoms with E-state index in [0.717, 1.165) is 25.1 Å². The molecule has 1 aromatic carbocycles. The molecular formula is C27H25ClFN7O. The fourth-order valence-electron chi connectivity index (χ4n) is 5.79. The number of halogens is 2. The van der Waals surface area contributed by atoms with Gasteiger partial charge >= 0.3 is 0 Å². The summed E-state index contributed by atoms with van der Waals surface area (Å²) in [6.07, 6.45) is 6.98. The number of nitrogens with zero attached hydrogens (tertiary/aromatic N) is 6. The molecule has 1 saturated carbocycles. The lowest BCUT2D eigenvalue weighted by molar-refractivity contribution is -0.131. The Balaban J connectivity index is 1.31. The second-order valence-corrected chi connectivity index (χ2v) is 10.3. The van der Waals surface area contributed by atoms with Crippen LogP contribution in [0.25, 0.3) is 11.0 Å². The van der Waals surface area contributed by atoms with Crippen LogP contribution in [-0.2, 0) is 10.2 Å². The second kappa shape index (κ2) is 8.96. The van der Waals surface area contributed by atoms with Crippen LogP contribution in [0.4, 0.5) is 21.7 Å². The summed E-state index contributed by atoms with van der Waals surface area (Å²) in [6.45, 7) is 4.94. The zero-order chi connectivity index (χ0) is 25.7. The second-order valence-electron chi connectivity index (χ2n) is 9.95. The van der Waals surface area contributed by atoms with Crippen LogP contribution >= 0.6 is 11.6 Å². The molecule has 4 fully saturated rings. The van der Waals surface area contributed by atoms with Crippen molar-refractivity contribution in [3.05, 3.63) is 59.7 Å². The molecule has 8 nitrogen and oxygen atoms in total. The third kappa shape index (κ3) is 3.78. The quantitative estimate of drug-likeness (QED) is 0.482. The number of aromatic nitrogens is 3. The number of hydrogen-bond acceptors (Lipinski definition) is 7. The van der Waals surface area contributed by atoms with Crippen LogP contribution in [0.15, 0.2) is 43.2 Å². The van der Waals surface area contributed by atoms with E-state index >= 15 is 4.39 Å². The van der Waals surface area contributed by atoms with E-state index in [9.17, 15) is 10.1 Å². The van der Waals surface area contributed by atoms with Crippen molar-refractivity contribution in [2.24, 2.45) is 0 Å². The Labute approximate surface area is 218 Å². The number of benzene rings is 1. The molecule has 1 amide bonds. The minimum Gasteiger partial charge on any atom is -0.350 e. The van der Waals surface area contributed by atoms with Gasteiger partial charge in [-0.1, -0.05) is 24.2 Å². The van der Waals surface area contributed by atoms with E-state index in [0.29, 0.717) is 48.3 Å². The van der Waals surface area contributed by atoms with Crippen LogP contribution in [0, 0.1) is 17.1 Å². The predicted octanol–water partition coefficient (Wildman–Crippen LogP) is 4.87. The van der Waals surface area contributed by atoms with Crippen LogP contribution in [0.5, 0.6) is 0 Å². The molecule has 2 atom stereocenters. The van der Waals surface area contributed by atoms with Gasteiger partial charge in [0, 0.05) is 25.2 Å². The Morgan fingerprint density at radius 2 is 2.03 bits per heavy atom. The van der Waals surface area contributed by atoms with Gasteiger partial charge in [0.1, 0.15) is 17.7 Å². The molecule has 1 N–H and O–H groups in total. The maximum Gasteiger partial charge on any atom is 0.246 e. The molecule has 3 aromatic rings. The first-order valence-corrected chi connectivity index (χ1v) is 12.8. The highest BCUT2D eigenvalue weighted by atomic mass is 35.5. The first-order chi connectivity index (χ1) is 17.9. The lowest BCUT2D eigenvalue weighted by Gasteiger charge is -2.51. The minimum atomic E-state index is -0.714. The number of nitriles is 1. The van der Waals surface area contributed by atoms with Gasteiger partial charge in [0.2, 0.25) is 5.91 Å². The highest BCUT2D eigenvalue weighted by Crippen LogP contribution is 2.47. The summed E-state index contributed by atoms with van der Waals surface area (Å²) < 4.78 is 15.4. The number of pyridine rings is 1. The molecule has 5 heterocycles. The number of amides is 1. The standard InChI is InChI=1S/C27H25ClFN7O/c1-2-22(37)36-13-16-4-5-17(36)12-35(16)21-9-8-20-25(34-21)26(32-15-31-20)33-19-7-6-18(23(28)24(19)29)27(14-30)10-3-11-27/h2,6-9,15-17H,1,3-5,10-13H2,(H,31,32,33)/t16-,17-/m0/s1. The lowest BCUT2D eigenvalue weighted by Crippen LogP contribution is -2.64. The van der Waals surface area contributed by atoms with Gasteiger partial charge in [0.25, 0.3) is 0 Å². The first-order valence-electron chi connectivity index (χ1n) is 12.4. The van der Waals surface area contributed by atoms with Crippen LogP contribution in [0.1, 0.15) is 37.7 Å². The van der Waals surface area contributed by atoms with E-state index in [1.807, 2.05) is 17.0 Å². The third-order valence-corrected chi connectivity index (χ3v) is 8.39. The van der Waals surface area contributed by atoms with Crippen molar-refractivity contribution in [2.45, 2.75) is 49.6 Å². The summed E-state index contributed by atoms with van der Waals surface area (Å²) in [7, 11) is 0. The van der Waals surface area contributed by atoms with E-state index in [-0.39, 0.29) is 28.7 Å². The van der Waals surface area contributed by atoms with Gasteiger partial charge in [-0.15, -0.1) is 0 Å². The maximum absolute atomic E-state index is 15.4. The van der Waals surface area contributed by atoms with Crippen molar-refractivity contribution in [1.82, 2.24) is 19.9 Å². The Morgan fingerprint density at radius 3 is 2.70 bits per heavy atom. The molecule has 2 aromatic heterocycles. The summed E-state index contributed by atoms with van der Waals surface area (Å²) in [5.74, 6) is 0.466. The number of carbonyl (C=O) groups excluding carboxylic acids is 1. The van der Waals surface area contributed by atoms with E-state index in [2.05, 4.69) is 32.8 Å². The zero-order valence-electron chi connectivity index (χ0n) is 20.1. The summed E-state index contributed by atoms with van der Waals surface area (Å²) in [6, 6.07) is 9.70. The number of fused-ring (bicyclic) bond motifs is 4. The van der Waals surface area contributed by atoms with Crippen LogP contribution in [-0.4, -0.2) is 50.9 Å². The number of anilines is 3. The summed E-state index contributed by atoms with van der Waals surface area (Å²) >= 11 is 6.41. The molecule has 188 valence electrons. The fraction of sp³-hybridized carbons (Fsp3) is 0.370. The highest BCUT2D eigenvalue weighted by Gasteiger charge is 2.42. The molecule has 7 rings (SSSR count). The van der Waals surface area contributed by atoms with Crippen molar-refractivity contribution < 1.29 is 9.18 Å². The molecule has 10 heteroatoms. The number of carbonyl (C=O) groups is 1. The molecule has 3 aliphatic heterocycles. The number of piperidine rings is 2. The van der Waals surface area contributed by atoms with E-state index < -0.39 is 11.2 Å². The van der Waals surface area contributed by atoms with Crippen molar-refractivity contribution in [3.8, 4) is 6.07 Å². The number of nitrogens with one attached hydrogen (secondary N) is 1. The Bertz CT molecular complexity index is 1470. The van der Waals surface area contributed by atoms with Gasteiger partial charge in [0.15, 0.2) is 11.6 Å². The summed E-state index contributed by atoms with van der Waals surface area (Å²) in [5, 5.41) is 12.7. The lowest BCUT2D eigenvalue weighted by atomic mass is 9.65. The molecule has 4 aliphatic rings. The van der Waals surface area contributed by atoms with Gasteiger partial charge in [-0.3, -0.25) is 4.79 Å². The van der Waals surface area contributed by atoms with Gasteiger partial charge in [-0.2, -0.15) is 5.26 Å². The van der Waals surface area contributed by atoms with Crippen LogP contribution in [0.3, 0.4) is 0 Å². The molecule has 37 heavy (non-hydrogen) atoms. The molecule has 0 spiro atoms. The number of rotatable bonds is 5. The normalized spacial score (nSPS) is 21.9. The number of piperazine rings is 1. The average molecular weight is 518 g/mol. The van der Waals surface area contributed by atoms with Crippen molar-refractivity contribution in [1.29, 1.82) is 5.26 Å². The molecule has 0 radical (unpaired) electrons. The largest absolute Gasteiger partial charge is 0.350 e. The predicted molar refractivity (Wildman–Crippen MR) is 139 cm³/mol. The van der Waals surface area contributed by atoms with Gasteiger partial charge in [-0.25, -0.2) is 19.3 Å². The van der Waals surface area contributed by atoms with E-state index in [1.165, 1.54) is 12.4 Å². The smallest absolute Gasteiger partial charge is 0.246 e. The SMILES string of the molecule is C=CC(=O)N1C[C@@H]2CC[C@H]1CN2c1ccc2ncnc(Nc3ccc(C4(C#N)CCC4)c(Cl)c3F)c2n1. The maximum atomic E-state index is 15.4. The van der Waals surface area contributed by atoms with Crippen LogP contribution < -0.4 is 10.2 Å². The van der Waals surface area contributed by atoms with Gasteiger partial charge in [0.05, 0.1) is 27.7 Å². The van der Waals surface area contributed by atoms with E-state index in [1.54, 1.807) is 12.1 Å². The van der Waals surface area contributed by atoms with Crippen molar-refractivity contribution in [2.75, 3.05) is 23.3 Å². The van der Waals surface area contributed by atoms with E-state index in [4.69, 9.17) is 16.6 Å². The molecule has 3 saturated heterocycles. The van der Waals surface area contributed by atoms with Crippen LogP contribution in [0.2, 0.25) is 5.02 Å². The monoisotopic (exact) mass is 517 g/mol. The highest BCUT2D eigenvalue weighted by molar-refractivity contribution is 6.32. The van der Waals surface area contributed by atoms with Crippen molar-refractivity contribution in [3.63, 3.8) is 0 Å². The average Bonchev–Trinajstić information content (AvgIpc) is 2.91. The molecule has 2 bridgehead atoms. The Kier molecular flexibility index (Phi) is 5.72. The number of hydrogen-bond donors (Lipinski definition) is 1. The van der Waals surface area contributed by atoms with Gasteiger partial charge < -0.3 is 15.1 Å². The van der Waals surface area contributed by atoms with Gasteiger partial charge in [-0.05, 0) is 61.9 Å². The third-order valence-electron chi connectivity index (χ3n) is 8.02. The fourth-order valence-corrected chi connectivity index (χ4v) is 6.14.